The van der Waals surface area contributed by atoms with Crippen LogP contribution < -0.4 is 5.32 Å². The lowest BCUT2D eigenvalue weighted by atomic mass is 10.1. The summed E-state index contributed by atoms with van der Waals surface area (Å²) in [5, 5.41) is 21.4. The number of hydrogen-bond acceptors (Lipinski definition) is 7. The smallest absolute Gasteiger partial charge is 0.349 e. The predicted molar refractivity (Wildman–Crippen MR) is 119 cm³/mol. The largest absolute Gasteiger partial charge is 0.478 e. The number of aliphatic carboxylic acids is 1. The van der Waals surface area contributed by atoms with Crippen LogP contribution in [-0.4, -0.2) is 41.1 Å². The summed E-state index contributed by atoms with van der Waals surface area (Å²) in [5.41, 5.74) is 0.250. The Balaban J connectivity index is 1.93. The Bertz CT molecular complexity index is 1240. The number of ether oxygens (including phenoxy) is 2. The first kappa shape index (κ1) is 23.7. The number of carboxylic acid groups (broad SMARTS) is 1. The molecule has 0 bridgehead atoms. The van der Waals surface area contributed by atoms with E-state index in [0.29, 0.717) is 0 Å². The fourth-order valence-corrected chi connectivity index (χ4v) is 2.90. The number of esters is 2. The van der Waals surface area contributed by atoms with Gasteiger partial charge in [0, 0.05) is 0 Å². The lowest BCUT2D eigenvalue weighted by molar-refractivity contribution is -0.157. The van der Waals surface area contributed by atoms with E-state index in [9.17, 15) is 29.5 Å². The molecule has 0 aromatic heterocycles. The molecule has 0 saturated heterocycles. The number of rotatable bonds is 8. The molecule has 0 aliphatic rings. The Labute approximate surface area is 194 Å². The van der Waals surface area contributed by atoms with Crippen molar-refractivity contribution in [1.82, 2.24) is 0 Å². The monoisotopic (exact) mass is 458 g/mol. The zero-order chi connectivity index (χ0) is 24.5. The average molecular weight is 458 g/mol. The van der Waals surface area contributed by atoms with Gasteiger partial charge in [-0.05, 0) is 36.4 Å². The lowest BCUT2D eigenvalue weighted by Crippen LogP contribution is -2.48. The number of amides is 1. The van der Waals surface area contributed by atoms with Gasteiger partial charge in [-0.1, -0.05) is 48.5 Å². The highest BCUT2D eigenvalue weighted by Gasteiger charge is 2.41. The van der Waals surface area contributed by atoms with E-state index in [1.807, 2.05) is 6.07 Å². The van der Waals surface area contributed by atoms with Gasteiger partial charge in [0.25, 0.3) is 5.91 Å². The number of anilines is 1. The van der Waals surface area contributed by atoms with Gasteiger partial charge in [-0.2, -0.15) is 5.26 Å². The molecule has 9 nitrogen and oxygen atoms in total. The molecule has 0 aliphatic heterocycles. The zero-order valence-electron chi connectivity index (χ0n) is 17.6. The van der Waals surface area contributed by atoms with E-state index in [1.165, 1.54) is 36.4 Å². The van der Waals surface area contributed by atoms with E-state index in [1.54, 1.807) is 48.5 Å². The van der Waals surface area contributed by atoms with Crippen molar-refractivity contribution in [3.05, 3.63) is 102 Å². The van der Waals surface area contributed by atoms with E-state index in [2.05, 4.69) is 5.32 Å². The zero-order valence-corrected chi connectivity index (χ0v) is 17.6. The van der Waals surface area contributed by atoms with E-state index in [4.69, 9.17) is 9.47 Å². The van der Waals surface area contributed by atoms with E-state index < -0.39 is 36.0 Å². The molecule has 0 spiro atoms. The third-order valence-corrected chi connectivity index (χ3v) is 4.57. The van der Waals surface area contributed by atoms with Gasteiger partial charge in [0.15, 0.2) is 0 Å². The molecule has 0 radical (unpaired) electrons. The summed E-state index contributed by atoms with van der Waals surface area (Å²) in [6, 6.07) is 23.0. The molecule has 0 saturated carbocycles. The highest BCUT2D eigenvalue weighted by atomic mass is 16.6. The van der Waals surface area contributed by atoms with Crippen molar-refractivity contribution >= 4 is 29.5 Å². The second-order valence-electron chi connectivity index (χ2n) is 6.87. The molecule has 1 amide bonds. The first-order valence-corrected chi connectivity index (χ1v) is 9.95. The van der Waals surface area contributed by atoms with Crippen LogP contribution in [0.1, 0.15) is 26.3 Å². The maximum absolute atomic E-state index is 13.1. The van der Waals surface area contributed by atoms with Crippen LogP contribution in [0, 0.1) is 11.3 Å². The summed E-state index contributed by atoms with van der Waals surface area (Å²) in [6.45, 7) is 0. The quantitative estimate of drug-likeness (QED) is 0.491. The minimum atomic E-state index is -2.17. The van der Waals surface area contributed by atoms with Crippen LogP contribution in [0.3, 0.4) is 0 Å². The van der Waals surface area contributed by atoms with Crippen molar-refractivity contribution < 1.29 is 33.8 Å². The van der Waals surface area contributed by atoms with Crippen LogP contribution in [0.5, 0.6) is 0 Å². The summed E-state index contributed by atoms with van der Waals surface area (Å²) in [7, 11) is 0. The standard InChI is InChI=1S/C25H18N2O7/c26-15-18-13-7-8-14-19(18)27-22(28)20(33-24(31)16-9-3-1-4-10-16)21(23(29)30)34-25(32)17-11-5-2-6-12-17/h1-14,20-21H,(H,27,28)(H,29,30)/t20-,21-/m1/s1. The first-order chi connectivity index (χ1) is 16.4. The summed E-state index contributed by atoms with van der Waals surface area (Å²) in [5.74, 6) is -4.84. The number of carboxylic acids is 1. The highest BCUT2D eigenvalue weighted by Crippen LogP contribution is 2.18. The highest BCUT2D eigenvalue weighted by molar-refractivity contribution is 6.02. The Hall–Kier alpha value is -4.97. The number of nitrogens with one attached hydrogen (secondary N) is 1. The molecule has 0 unspecified atom stereocenters. The van der Waals surface area contributed by atoms with Gasteiger partial charge < -0.3 is 19.9 Å². The summed E-state index contributed by atoms with van der Waals surface area (Å²) >= 11 is 0. The average Bonchev–Trinajstić information content (AvgIpc) is 2.87. The maximum Gasteiger partial charge on any atom is 0.349 e. The fraction of sp³-hybridized carbons (Fsp3) is 0.0800. The normalized spacial score (nSPS) is 11.9. The molecule has 3 aromatic carbocycles. The molecule has 0 aliphatic carbocycles. The minimum absolute atomic E-state index is 0.0390. The SMILES string of the molecule is N#Cc1ccccc1NC(=O)[C@H](OC(=O)c1ccccc1)[C@@H](OC(=O)c1ccccc1)C(=O)O. The molecule has 0 fully saturated rings. The number of nitrogens with zero attached hydrogens (tertiary/aromatic N) is 1. The van der Waals surface area contributed by atoms with Crippen LogP contribution in [0.2, 0.25) is 0 Å². The molecular weight excluding hydrogens is 440 g/mol. The Morgan fingerprint density at radius 2 is 1.21 bits per heavy atom. The van der Waals surface area contributed by atoms with Gasteiger partial charge in [0.1, 0.15) is 6.07 Å². The third-order valence-electron chi connectivity index (χ3n) is 4.57. The van der Waals surface area contributed by atoms with Gasteiger partial charge >= 0.3 is 17.9 Å². The first-order valence-electron chi connectivity index (χ1n) is 9.95. The molecule has 0 heterocycles. The predicted octanol–water partition coefficient (Wildman–Crippen LogP) is 3.03. The summed E-state index contributed by atoms with van der Waals surface area (Å²) in [6.07, 6.45) is -4.24. The van der Waals surface area contributed by atoms with Crippen LogP contribution in [0.15, 0.2) is 84.9 Å². The van der Waals surface area contributed by atoms with Crippen molar-refractivity contribution in [1.29, 1.82) is 5.26 Å². The van der Waals surface area contributed by atoms with Crippen LogP contribution >= 0.6 is 0 Å². The molecule has 170 valence electrons. The van der Waals surface area contributed by atoms with E-state index in [0.717, 1.165) is 0 Å². The number of benzene rings is 3. The minimum Gasteiger partial charge on any atom is -0.478 e. The Morgan fingerprint density at radius 3 is 1.71 bits per heavy atom. The topological polar surface area (TPSA) is 143 Å². The summed E-state index contributed by atoms with van der Waals surface area (Å²) < 4.78 is 10.3. The second kappa shape index (κ2) is 11.1. The van der Waals surface area contributed by atoms with Gasteiger partial charge in [-0.25, -0.2) is 14.4 Å². The number of para-hydroxylation sites is 1. The van der Waals surface area contributed by atoms with Crippen LogP contribution in [0.25, 0.3) is 0 Å². The molecule has 2 atom stereocenters. The van der Waals surface area contributed by atoms with E-state index in [-0.39, 0.29) is 22.4 Å². The Kier molecular flexibility index (Phi) is 7.71. The molecule has 34 heavy (non-hydrogen) atoms. The number of carbonyl (C=O) groups excluding carboxylic acids is 3. The van der Waals surface area contributed by atoms with Crippen molar-refractivity contribution in [2.75, 3.05) is 5.32 Å². The number of hydrogen-bond donors (Lipinski definition) is 2. The molecular formula is C25H18N2O7. The van der Waals surface area contributed by atoms with E-state index >= 15 is 0 Å². The molecule has 2 N–H and O–H groups in total. The summed E-state index contributed by atoms with van der Waals surface area (Å²) in [4.78, 5) is 50.2. The van der Waals surface area contributed by atoms with Gasteiger partial charge in [-0.3, -0.25) is 4.79 Å². The molecule has 9 heteroatoms. The van der Waals surface area contributed by atoms with Crippen molar-refractivity contribution in [2.24, 2.45) is 0 Å². The van der Waals surface area contributed by atoms with Crippen molar-refractivity contribution in [3.63, 3.8) is 0 Å². The Morgan fingerprint density at radius 1 is 0.735 bits per heavy atom. The van der Waals surface area contributed by atoms with Crippen LogP contribution in [0.4, 0.5) is 5.69 Å². The van der Waals surface area contributed by atoms with Gasteiger partial charge in [0.05, 0.1) is 22.4 Å². The fourth-order valence-electron chi connectivity index (χ4n) is 2.90. The third kappa shape index (κ3) is 5.83. The second-order valence-corrected chi connectivity index (χ2v) is 6.87. The number of carbonyl (C=O) groups is 4. The molecule has 3 aromatic rings. The maximum atomic E-state index is 13.1. The number of nitriles is 1. The van der Waals surface area contributed by atoms with Crippen LogP contribution in [-0.2, 0) is 19.1 Å². The van der Waals surface area contributed by atoms with Crippen molar-refractivity contribution in [2.45, 2.75) is 12.2 Å². The van der Waals surface area contributed by atoms with Gasteiger partial charge in [-0.15, -0.1) is 0 Å². The van der Waals surface area contributed by atoms with Crippen molar-refractivity contribution in [3.8, 4) is 6.07 Å². The van der Waals surface area contributed by atoms with Gasteiger partial charge in [0.2, 0.25) is 12.2 Å². The molecule has 3 rings (SSSR count). The lowest BCUT2D eigenvalue weighted by Gasteiger charge is -2.23.